The summed E-state index contributed by atoms with van der Waals surface area (Å²) in [5, 5.41) is 7.42. The number of nitrogens with one attached hydrogen (secondary N) is 1. The lowest BCUT2D eigenvalue weighted by molar-refractivity contribution is -0.122. The number of amides is 1. The molecule has 2 heterocycles. The first-order valence-corrected chi connectivity index (χ1v) is 8.20. The van der Waals surface area contributed by atoms with Gasteiger partial charge >= 0.3 is 0 Å². The van der Waals surface area contributed by atoms with Crippen LogP contribution in [0.2, 0.25) is 0 Å². The Bertz CT molecular complexity index is 785. The molecule has 1 saturated carbocycles. The Labute approximate surface area is 141 Å². The van der Waals surface area contributed by atoms with Crippen molar-refractivity contribution in [3.63, 3.8) is 0 Å². The summed E-state index contributed by atoms with van der Waals surface area (Å²) in [6, 6.07) is -0.0678. The molecule has 1 aliphatic carbocycles. The number of carbonyl (C=O) groups excluding carboxylic acids is 2. The monoisotopic (exact) mass is 329 g/mol. The second-order valence-electron chi connectivity index (χ2n) is 6.54. The van der Waals surface area contributed by atoms with Crippen LogP contribution in [0.25, 0.3) is 0 Å². The highest BCUT2D eigenvalue weighted by molar-refractivity contribution is 5.96. The Morgan fingerprint density at radius 2 is 2.08 bits per heavy atom. The average Bonchev–Trinajstić information content (AvgIpc) is 3.19. The Morgan fingerprint density at radius 1 is 1.38 bits per heavy atom. The second kappa shape index (κ2) is 6.22. The minimum Gasteiger partial charge on any atom is -0.344 e. The molecule has 0 saturated heterocycles. The molecule has 3 rings (SSSR count). The average molecular weight is 329 g/mol. The largest absolute Gasteiger partial charge is 0.344 e. The lowest BCUT2D eigenvalue weighted by Gasteiger charge is -2.18. The standard InChI is InChI=1S/C17H23N5O2/c1-10-15(12(3)23)11(2)22(20-10)9-14(24)19-16(13-5-6-13)17-18-7-8-21(17)4/h7-8,13,16H,5-6,9H2,1-4H3,(H,19,24). The lowest BCUT2D eigenvalue weighted by atomic mass is 10.1. The molecule has 128 valence electrons. The number of aryl methyl sites for hydroxylation is 2. The van der Waals surface area contributed by atoms with Gasteiger partial charge in [-0.05, 0) is 39.5 Å². The summed E-state index contributed by atoms with van der Waals surface area (Å²) < 4.78 is 3.55. The minimum atomic E-state index is -0.115. The molecule has 0 bridgehead atoms. The first-order valence-electron chi connectivity index (χ1n) is 8.20. The van der Waals surface area contributed by atoms with Gasteiger partial charge in [0.05, 0.1) is 17.3 Å². The molecule has 0 aromatic carbocycles. The fourth-order valence-electron chi connectivity index (χ4n) is 3.22. The van der Waals surface area contributed by atoms with Gasteiger partial charge in [-0.1, -0.05) is 0 Å². The molecule has 1 fully saturated rings. The zero-order chi connectivity index (χ0) is 17.4. The van der Waals surface area contributed by atoms with Crippen molar-refractivity contribution in [3.05, 3.63) is 35.2 Å². The van der Waals surface area contributed by atoms with Gasteiger partial charge < -0.3 is 9.88 Å². The molecule has 2 aromatic heterocycles. The summed E-state index contributed by atoms with van der Waals surface area (Å²) in [6.07, 6.45) is 5.84. The molecular weight excluding hydrogens is 306 g/mol. The molecule has 7 heteroatoms. The number of hydrogen-bond acceptors (Lipinski definition) is 4. The van der Waals surface area contributed by atoms with E-state index >= 15 is 0 Å². The molecule has 0 aliphatic heterocycles. The summed E-state index contributed by atoms with van der Waals surface area (Å²) in [7, 11) is 1.93. The maximum Gasteiger partial charge on any atom is 0.242 e. The van der Waals surface area contributed by atoms with Crippen molar-refractivity contribution < 1.29 is 9.59 Å². The molecule has 0 spiro atoms. The van der Waals surface area contributed by atoms with Crippen LogP contribution in [0.4, 0.5) is 0 Å². The normalized spacial score (nSPS) is 15.3. The maximum absolute atomic E-state index is 12.5. The highest BCUT2D eigenvalue weighted by atomic mass is 16.2. The van der Waals surface area contributed by atoms with Crippen molar-refractivity contribution in [2.45, 2.75) is 46.2 Å². The Hall–Kier alpha value is -2.44. The first-order chi connectivity index (χ1) is 11.4. The van der Waals surface area contributed by atoms with Gasteiger partial charge in [0.1, 0.15) is 12.4 Å². The Balaban J connectivity index is 1.74. The van der Waals surface area contributed by atoms with Crippen molar-refractivity contribution in [1.29, 1.82) is 0 Å². The van der Waals surface area contributed by atoms with Gasteiger partial charge in [-0.3, -0.25) is 14.3 Å². The molecule has 1 amide bonds. The third-order valence-electron chi connectivity index (χ3n) is 4.57. The van der Waals surface area contributed by atoms with Gasteiger partial charge in [-0.2, -0.15) is 5.10 Å². The lowest BCUT2D eigenvalue weighted by Crippen LogP contribution is -2.34. The van der Waals surface area contributed by atoms with Crippen LogP contribution in [0.5, 0.6) is 0 Å². The van der Waals surface area contributed by atoms with Crippen LogP contribution in [0, 0.1) is 19.8 Å². The zero-order valence-electron chi connectivity index (χ0n) is 14.5. The van der Waals surface area contributed by atoms with E-state index in [0.29, 0.717) is 17.2 Å². The fourth-order valence-corrected chi connectivity index (χ4v) is 3.22. The summed E-state index contributed by atoms with van der Waals surface area (Å²) in [5.74, 6) is 1.18. The topological polar surface area (TPSA) is 81.8 Å². The molecule has 1 atom stereocenters. The number of imidazole rings is 1. The second-order valence-corrected chi connectivity index (χ2v) is 6.54. The maximum atomic E-state index is 12.5. The predicted octanol–water partition coefficient (Wildman–Crippen LogP) is 1.70. The Morgan fingerprint density at radius 3 is 2.58 bits per heavy atom. The zero-order valence-corrected chi connectivity index (χ0v) is 14.5. The van der Waals surface area contributed by atoms with Crippen molar-refractivity contribution in [2.75, 3.05) is 0 Å². The van der Waals surface area contributed by atoms with E-state index in [1.807, 2.05) is 24.7 Å². The molecule has 2 aromatic rings. The van der Waals surface area contributed by atoms with E-state index in [4.69, 9.17) is 0 Å². The number of Topliss-reactive ketones (excluding diaryl/α,β-unsaturated/α-hetero) is 1. The third-order valence-corrected chi connectivity index (χ3v) is 4.57. The van der Waals surface area contributed by atoms with Crippen molar-refractivity contribution >= 4 is 11.7 Å². The van der Waals surface area contributed by atoms with Crippen LogP contribution < -0.4 is 5.32 Å². The van der Waals surface area contributed by atoms with Crippen LogP contribution in [0.3, 0.4) is 0 Å². The fraction of sp³-hybridized carbons (Fsp3) is 0.529. The number of rotatable bonds is 6. The molecule has 7 nitrogen and oxygen atoms in total. The van der Waals surface area contributed by atoms with Gasteiger partial charge in [-0.25, -0.2) is 4.98 Å². The number of aromatic nitrogens is 4. The number of nitrogens with zero attached hydrogens (tertiary/aromatic N) is 4. The summed E-state index contributed by atoms with van der Waals surface area (Å²) in [5.41, 5.74) is 2.00. The Kier molecular flexibility index (Phi) is 4.26. The first kappa shape index (κ1) is 16.4. The molecule has 24 heavy (non-hydrogen) atoms. The van der Waals surface area contributed by atoms with Crippen LogP contribution in [0.1, 0.15) is 53.4 Å². The van der Waals surface area contributed by atoms with Crippen LogP contribution >= 0.6 is 0 Å². The van der Waals surface area contributed by atoms with Gasteiger partial charge in [0.15, 0.2) is 5.78 Å². The summed E-state index contributed by atoms with van der Waals surface area (Å²) >= 11 is 0. The van der Waals surface area contributed by atoms with Gasteiger partial charge in [0.25, 0.3) is 0 Å². The van der Waals surface area contributed by atoms with E-state index in [-0.39, 0.29) is 24.3 Å². The van der Waals surface area contributed by atoms with Gasteiger partial charge in [0.2, 0.25) is 5.91 Å². The predicted molar refractivity (Wildman–Crippen MR) is 88.5 cm³/mol. The molecule has 1 aliphatic rings. The minimum absolute atomic E-state index is 0.0273. The molecule has 0 radical (unpaired) electrons. The molecule has 1 unspecified atom stereocenters. The van der Waals surface area contributed by atoms with E-state index in [1.165, 1.54) is 6.92 Å². The van der Waals surface area contributed by atoms with E-state index < -0.39 is 0 Å². The van der Waals surface area contributed by atoms with E-state index in [2.05, 4.69) is 15.4 Å². The summed E-state index contributed by atoms with van der Waals surface area (Å²) in [4.78, 5) is 28.6. The highest BCUT2D eigenvalue weighted by Gasteiger charge is 2.35. The van der Waals surface area contributed by atoms with Gasteiger partial charge in [0, 0.05) is 25.1 Å². The van der Waals surface area contributed by atoms with E-state index in [1.54, 1.807) is 17.8 Å². The van der Waals surface area contributed by atoms with Crippen LogP contribution in [-0.2, 0) is 18.4 Å². The number of ketones is 1. The van der Waals surface area contributed by atoms with Crippen molar-refractivity contribution in [2.24, 2.45) is 13.0 Å². The van der Waals surface area contributed by atoms with E-state index in [9.17, 15) is 9.59 Å². The number of carbonyl (C=O) groups is 2. The SMILES string of the molecule is CC(=O)c1c(C)nn(CC(=O)NC(c2nccn2C)C2CC2)c1C. The van der Waals surface area contributed by atoms with E-state index in [0.717, 1.165) is 24.4 Å². The number of hydrogen-bond donors (Lipinski definition) is 1. The van der Waals surface area contributed by atoms with Crippen molar-refractivity contribution in [1.82, 2.24) is 24.6 Å². The van der Waals surface area contributed by atoms with Crippen LogP contribution in [-0.4, -0.2) is 31.0 Å². The third kappa shape index (κ3) is 3.11. The smallest absolute Gasteiger partial charge is 0.242 e. The summed E-state index contributed by atoms with van der Waals surface area (Å²) in [6.45, 7) is 5.24. The van der Waals surface area contributed by atoms with Crippen LogP contribution in [0.15, 0.2) is 12.4 Å². The van der Waals surface area contributed by atoms with Gasteiger partial charge in [-0.15, -0.1) is 0 Å². The highest BCUT2D eigenvalue weighted by Crippen LogP contribution is 2.40. The van der Waals surface area contributed by atoms with Crippen molar-refractivity contribution in [3.8, 4) is 0 Å². The quantitative estimate of drug-likeness (QED) is 0.818. The molecular formula is C17H23N5O2. The molecule has 1 N–H and O–H groups in total.